The standard InChI is InChI=1S/C23H42N4O3/c1-15(2)12-19-22(29)27-18(13-23(5,6)7)21(28)26(14-20(27)24-30-19)17-8-10-25(11-9-17)16(3)4/h15-20,24H,8-14H2,1-7H3. The molecule has 7 nitrogen and oxygen atoms in total. The van der Waals surface area contributed by atoms with Crippen molar-refractivity contribution in [3.05, 3.63) is 0 Å². The molecular weight excluding hydrogens is 380 g/mol. The van der Waals surface area contributed by atoms with E-state index in [9.17, 15) is 9.59 Å². The van der Waals surface area contributed by atoms with Crippen LogP contribution in [0, 0.1) is 11.3 Å². The summed E-state index contributed by atoms with van der Waals surface area (Å²) >= 11 is 0. The molecule has 0 radical (unpaired) electrons. The lowest BCUT2D eigenvalue weighted by Gasteiger charge is -2.53. The summed E-state index contributed by atoms with van der Waals surface area (Å²) in [4.78, 5) is 39.1. The first kappa shape index (κ1) is 23.5. The highest BCUT2D eigenvalue weighted by Crippen LogP contribution is 2.33. The average Bonchev–Trinajstić information content (AvgIpc) is 2.65. The summed E-state index contributed by atoms with van der Waals surface area (Å²) in [5.41, 5.74) is 3.09. The monoisotopic (exact) mass is 422 g/mol. The summed E-state index contributed by atoms with van der Waals surface area (Å²) in [6.45, 7) is 17.6. The Morgan fingerprint density at radius 1 is 1.07 bits per heavy atom. The Labute approximate surface area is 182 Å². The van der Waals surface area contributed by atoms with Crippen molar-refractivity contribution in [1.29, 1.82) is 0 Å². The van der Waals surface area contributed by atoms with E-state index in [4.69, 9.17) is 4.84 Å². The van der Waals surface area contributed by atoms with Crippen LogP contribution in [0.3, 0.4) is 0 Å². The number of amides is 2. The SMILES string of the molecule is CC(C)CC1ONC2CN(C3CCN(C(C)C)CC3)C(=O)C(CC(C)(C)C)N2C1=O. The van der Waals surface area contributed by atoms with Crippen LogP contribution in [-0.2, 0) is 14.4 Å². The number of piperidine rings is 1. The van der Waals surface area contributed by atoms with Crippen LogP contribution in [0.15, 0.2) is 0 Å². The molecule has 0 aromatic heterocycles. The Morgan fingerprint density at radius 2 is 1.70 bits per heavy atom. The fourth-order valence-electron chi connectivity index (χ4n) is 5.06. The molecule has 3 aliphatic heterocycles. The third kappa shape index (κ3) is 5.17. The van der Waals surface area contributed by atoms with Crippen LogP contribution in [0.2, 0.25) is 0 Å². The number of hydroxylamine groups is 1. The molecule has 30 heavy (non-hydrogen) atoms. The molecule has 0 aromatic rings. The van der Waals surface area contributed by atoms with Gasteiger partial charge in [0.2, 0.25) is 5.91 Å². The molecular formula is C23H42N4O3. The van der Waals surface area contributed by atoms with Crippen LogP contribution >= 0.6 is 0 Å². The number of hydrogen-bond acceptors (Lipinski definition) is 5. The highest BCUT2D eigenvalue weighted by molar-refractivity contribution is 5.91. The number of nitrogens with zero attached hydrogens (tertiary/aromatic N) is 3. The fourth-order valence-corrected chi connectivity index (χ4v) is 5.06. The molecule has 3 aliphatic rings. The molecule has 172 valence electrons. The molecule has 3 saturated heterocycles. The van der Waals surface area contributed by atoms with E-state index in [-0.39, 0.29) is 29.4 Å². The van der Waals surface area contributed by atoms with Crippen LogP contribution in [-0.4, -0.2) is 76.5 Å². The summed E-state index contributed by atoms with van der Waals surface area (Å²) in [5, 5.41) is 0. The van der Waals surface area contributed by atoms with Crippen LogP contribution in [0.4, 0.5) is 0 Å². The zero-order valence-corrected chi connectivity index (χ0v) is 20.0. The van der Waals surface area contributed by atoms with Gasteiger partial charge in [0, 0.05) is 25.2 Å². The van der Waals surface area contributed by atoms with Gasteiger partial charge in [-0.1, -0.05) is 34.6 Å². The van der Waals surface area contributed by atoms with Crippen molar-refractivity contribution >= 4 is 11.8 Å². The Kier molecular flexibility index (Phi) is 7.15. The molecule has 7 heteroatoms. The minimum atomic E-state index is -0.516. The average molecular weight is 423 g/mol. The Morgan fingerprint density at radius 3 is 2.23 bits per heavy atom. The van der Waals surface area contributed by atoms with Crippen molar-refractivity contribution in [2.45, 2.75) is 105 Å². The van der Waals surface area contributed by atoms with Gasteiger partial charge in [-0.05, 0) is 50.9 Å². The van der Waals surface area contributed by atoms with E-state index in [1.54, 1.807) is 0 Å². The predicted molar refractivity (Wildman–Crippen MR) is 117 cm³/mol. The molecule has 0 aromatic carbocycles. The van der Waals surface area contributed by atoms with Crippen molar-refractivity contribution in [3.8, 4) is 0 Å². The molecule has 3 unspecified atom stereocenters. The Bertz CT molecular complexity index is 622. The number of fused-ring (bicyclic) bond motifs is 1. The maximum absolute atomic E-state index is 13.7. The smallest absolute Gasteiger partial charge is 0.255 e. The van der Waals surface area contributed by atoms with Gasteiger partial charge in [0.25, 0.3) is 5.91 Å². The third-order valence-electron chi connectivity index (χ3n) is 6.65. The number of likely N-dealkylation sites (tertiary alicyclic amines) is 1. The highest BCUT2D eigenvalue weighted by Gasteiger charge is 2.50. The number of carbonyl (C=O) groups excluding carboxylic acids is 2. The highest BCUT2D eigenvalue weighted by atomic mass is 16.7. The van der Waals surface area contributed by atoms with Crippen molar-refractivity contribution in [1.82, 2.24) is 20.2 Å². The zero-order valence-electron chi connectivity index (χ0n) is 20.0. The molecule has 3 fully saturated rings. The zero-order chi connectivity index (χ0) is 22.2. The van der Waals surface area contributed by atoms with E-state index < -0.39 is 12.1 Å². The number of rotatable bonds is 5. The topological polar surface area (TPSA) is 65.1 Å². The summed E-state index contributed by atoms with van der Waals surface area (Å²) in [6.07, 6.45) is 2.51. The van der Waals surface area contributed by atoms with E-state index in [1.165, 1.54) is 0 Å². The van der Waals surface area contributed by atoms with Crippen LogP contribution < -0.4 is 5.48 Å². The predicted octanol–water partition coefficient (Wildman–Crippen LogP) is 2.61. The van der Waals surface area contributed by atoms with Crippen LogP contribution in [0.25, 0.3) is 0 Å². The second-order valence-electron chi connectivity index (χ2n) is 11.2. The molecule has 0 saturated carbocycles. The lowest BCUT2D eigenvalue weighted by Crippen LogP contribution is -2.73. The van der Waals surface area contributed by atoms with E-state index in [0.717, 1.165) is 25.9 Å². The van der Waals surface area contributed by atoms with Crippen molar-refractivity contribution < 1.29 is 14.4 Å². The number of piperazine rings is 1. The molecule has 1 N–H and O–H groups in total. The van der Waals surface area contributed by atoms with E-state index in [0.29, 0.717) is 31.3 Å². The maximum Gasteiger partial charge on any atom is 0.255 e. The molecule has 2 amide bonds. The first-order chi connectivity index (χ1) is 14.0. The van der Waals surface area contributed by atoms with Gasteiger partial charge in [-0.3, -0.25) is 14.4 Å². The first-order valence-electron chi connectivity index (χ1n) is 11.8. The van der Waals surface area contributed by atoms with Crippen molar-refractivity contribution in [2.75, 3.05) is 19.6 Å². The third-order valence-corrected chi connectivity index (χ3v) is 6.65. The second-order valence-corrected chi connectivity index (χ2v) is 11.2. The largest absolute Gasteiger partial charge is 0.334 e. The Hall–Kier alpha value is -1.18. The van der Waals surface area contributed by atoms with Gasteiger partial charge in [-0.15, -0.1) is 0 Å². The molecule has 3 atom stereocenters. The van der Waals surface area contributed by atoms with E-state index in [2.05, 4.69) is 58.8 Å². The minimum absolute atomic E-state index is 0.0377. The first-order valence-corrected chi connectivity index (χ1v) is 11.8. The van der Waals surface area contributed by atoms with E-state index >= 15 is 0 Å². The fraction of sp³-hybridized carbons (Fsp3) is 0.913. The van der Waals surface area contributed by atoms with Gasteiger partial charge in [0.05, 0.1) is 6.54 Å². The summed E-state index contributed by atoms with van der Waals surface area (Å²) in [6, 6.07) is 0.351. The lowest BCUT2D eigenvalue weighted by atomic mass is 9.84. The number of hydrogen-bond donors (Lipinski definition) is 1. The van der Waals surface area contributed by atoms with Gasteiger partial charge in [-0.2, -0.15) is 5.48 Å². The summed E-state index contributed by atoms with van der Waals surface area (Å²) < 4.78 is 0. The maximum atomic E-state index is 13.7. The van der Waals surface area contributed by atoms with Crippen LogP contribution in [0.1, 0.15) is 74.1 Å². The molecule has 0 aliphatic carbocycles. The quantitative estimate of drug-likeness (QED) is 0.738. The number of nitrogens with one attached hydrogen (secondary N) is 1. The normalized spacial score (nSPS) is 29.8. The van der Waals surface area contributed by atoms with Gasteiger partial charge in [0.15, 0.2) is 6.10 Å². The minimum Gasteiger partial charge on any atom is -0.334 e. The van der Waals surface area contributed by atoms with E-state index in [1.807, 2.05) is 9.80 Å². The summed E-state index contributed by atoms with van der Waals surface area (Å²) in [5.74, 6) is 0.426. The lowest BCUT2D eigenvalue weighted by molar-refractivity contribution is -0.202. The second kappa shape index (κ2) is 9.13. The van der Waals surface area contributed by atoms with Crippen molar-refractivity contribution in [2.24, 2.45) is 11.3 Å². The van der Waals surface area contributed by atoms with Crippen molar-refractivity contribution in [3.63, 3.8) is 0 Å². The molecule has 3 rings (SSSR count). The number of carbonyl (C=O) groups is 2. The van der Waals surface area contributed by atoms with Gasteiger partial charge < -0.3 is 14.7 Å². The summed E-state index contributed by atoms with van der Waals surface area (Å²) in [7, 11) is 0. The molecule has 0 spiro atoms. The molecule has 3 heterocycles. The van der Waals surface area contributed by atoms with Crippen LogP contribution in [0.5, 0.6) is 0 Å². The van der Waals surface area contributed by atoms with Gasteiger partial charge >= 0.3 is 0 Å². The molecule has 0 bridgehead atoms. The van der Waals surface area contributed by atoms with Gasteiger partial charge in [0.1, 0.15) is 12.2 Å². The Balaban J connectivity index is 1.80. The van der Waals surface area contributed by atoms with Gasteiger partial charge in [-0.25, -0.2) is 0 Å².